The first-order chi connectivity index (χ1) is 16.4. The average molecular weight is 535 g/mol. The largest absolute Gasteiger partial charge is 1.00 e. The third kappa shape index (κ3) is 5.89. The van der Waals surface area contributed by atoms with Crippen LogP contribution in [0.1, 0.15) is 33.6 Å². The highest BCUT2D eigenvalue weighted by atomic mass is 79.9. The monoisotopic (exact) mass is 534 g/mol. The van der Waals surface area contributed by atoms with Gasteiger partial charge in [-0.25, -0.2) is 13.9 Å². The van der Waals surface area contributed by atoms with E-state index in [2.05, 4.69) is 21.3 Å². The molecule has 0 saturated carbocycles. The van der Waals surface area contributed by atoms with Gasteiger partial charge in [0.05, 0.1) is 0 Å². The van der Waals surface area contributed by atoms with Gasteiger partial charge in [-0.05, 0) is 30.5 Å². The summed E-state index contributed by atoms with van der Waals surface area (Å²) < 4.78 is 9.87. The smallest absolute Gasteiger partial charge is 0.347 e. The molecule has 0 radical (unpaired) electrons. The molecular weight excluding hydrogens is 504 g/mol. The van der Waals surface area contributed by atoms with Crippen LogP contribution >= 0.6 is 0 Å². The molecule has 0 bridgehead atoms. The van der Waals surface area contributed by atoms with Crippen molar-refractivity contribution >= 4 is 5.97 Å². The van der Waals surface area contributed by atoms with Crippen molar-refractivity contribution in [3.8, 4) is 0 Å². The molecule has 4 aromatic rings. The lowest BCUT2D eigenvalue weighted by Crippen LogP contribution is -3.00. The summed E-state index contributed by atoms with van der Waals surface area (Å²) >= 11 is 0. The maximum Gasteiger partial charge on any atom is 0.347 e. The van der Waals surface area contributed by atoms with Crippen LogP contribution < -0.4 is 21.5 Å². The number of nitrogens with zero attached hydrogens (tertiary/aromatic N) is 2. The van der Waals surface area contributed by atoms with Crippen LogP contribution in [0.4, 0.5) is 0 Å². The van der Waals surface area contributed by atoms with Crippen molar-refractivity contribution in [3.63, 3.8) is 0 Å². The summed E-state index contributed by atoms with van der Waals surface area (Å²) in [6, 6.07) is 25.0. The van der Waals surface area contributed by atoms with Crippen molar-refractivity contribution in [3.05, 3.63) is 125 Å². The van der Waals surface area contributed by atoms with E-state index < -0.39 is 11.6 Å². The Morgan fingerprint density at radius 1 is 0.914 bits per heavy atom. The van der Waals surface area contributed by atoms with Crippen LogP contribution in [0.25, 0.3) is 0 Å². The van der Waals surface area contributed by atoms with E-state index in [0.717, 1.165) is 23.5 Å². The maximum atomic E-state index is 13.3. The van der Waals surface area contributed by atoms with Gasteiger partial charge in [0.2, 0.25) is 5.60 Å². The van der Waals surface area contributed by atoms with E-state index in [0.29, 0.717) is 17.7 Å². The highest BCUT2D eigenvalue weighted by molar-refractivity contribution is 5.85. The number of imidazole rings is 1. The van der Waals surface area contributed by atoms with Gasteiger partial charge in [0, 0.05) is 6.92 Å². The molecule has 3 aromatic carbocycles. The fraction of sp³-hybridized carbons (Fsp3) is 0.241. The minimum absolute atomic E-state index is 0. The molecular formula is C29H31BrN2O3. The second-order valence-corrected chi connectivity index (χ2v) is 8.74. The Hall–Kier alpha value is -3.22. The second kappa shape index (κ2) is 11.5. The van der Waals surface area contributed by atoms with Crippen LogP contribution in [0.15, 0.2) is 91.3 Å². The van der Waals surface area contributed by atoms with Crippen molar-refractivity contribution in [2.75, 3.05) is 6.61 Å². The van der Waals surface area contributed by atoms with E-state index in [9.17, 15) is 9.90 Å². The van der Waals surface area contributed by atoms with Crippen LogP contribution in [0.2, 0.25) is 0 Å². The number of hydrogen-bond acceptors (Lipinski definition) is 3. The second-order valence-electron chi connectivity index (χ2n) is 8.74. The Morgan fingerprint density at radius 3 is 2.09 bits per heavy atom. The molecule has 0 atom stereocenters. The zero-order valence-electron chi connectivity index (χ0n) is 20.3. The first-order valence-corrected chi connectivity index (χ1v) is 11.5. The summed E-state index contributed by atoms with van der Waals surface area (Å²) in [5.74, 6) is 0.387. The number of halogens is 1. The molecule has 0 fully saturated rings. The molecule has 0 unspecified atom stereocenters. The molecule has 0 aliphatic rings. The van der Waals surface area contributed by atoms with E-state index in [1.807, 2.05) is 87.8 Å². The highest BCUT2D eigenvalue weighted by Crippen LogP contribution is 2.32. The summed E-state index contributed by atoms with van der Waals surface area (Å²) in [7, 11) is 0. The van der Waals surface area contributed by atoms with Gasteiger partial charge in [0.15, 0.2) is 0 Å². The average Bonchev–Trinajstić information content (AvgIpc) is 3.18. The van der Waals surface area contributed by atoms with Gasteiger partial charge in [0.1, 0.15) is 32.1 Å². The summed E-state index contributed by atoms with van der Waals surface area (Å²) in [6.07, 6.45) is 4.01. The van der Waals surface area contributed by atoms with Crippen LogP contribution in [0, 0.1) is 20.8 Å². The topological polar surface area (TPSA) is 55.3 Å². The molecule has 182 valence electrons. The number of aryl methyl sites for hydroxylation is 2. The Bertz CT molecular complexity index is 1240. The van der Waals surface area contributed by atoms with E-state index in [-0.39, 0.29) is 23.6 Å². The third-order valence-corrected chi connectivity index (χ3v) is 6.19. The molecule has 0 amide bonds. The zero-order chi connectivity index (χ0) is 24.1. The van der Waals surface area contributed by atoms with Crippen molar-refractivity contribution in [1.82, 2.24) is 4.57 Å². The Morgan fingerprint density at radius 2 is 1.51 bits per heavy atom. The van der Waals surface area contributed by atoms with Gasteiger partial charge in [-0.2, -0.15) is 0 Å². The van der Waals surface area contributed by atoms with Crippen molar-refractivity contribution in [2.24, 2.45) is 0 Å². The molecule has 5 nitrogen and oxygen atoms in total. The summed E-state index contributed by atoms with van der Waals surface area (Å²) in [5, 5.41) is 11.7. The molecule has 1 aromatic heterocycles. The van der Waals surface area contributed by atoms with E-state index in [1.165, 1.54) is 5.56 Å². The number of carbonyl (C=O) groups excluding carboxylic acids is 1. The van der Waals surface area contributed by atoms with Crippen LogP contribution in [0.5, 0.6) is 0 Å². The molecule has 1 N–H and O–H groups in total. The quantitative estimate of drug-likeness (QED) is 0.273. The Kier molecular flexibility index (Phi) is 8.65. The predicted molar refractivity (Wildman–Crippen MR) is 131 cm³/mol. The van der Waals surface area contributed by atoms with Gasteiger partial charge < -0.3 is 26.8 Å². The molecule has 0 aliphatic heterocycles. The molecule has 1 heterocycles. The lowest BCUT2D eigenvalue weighted by atomic mass is 9.85. The summed E-state index contributed by atoms with van der Waals surface area (Å²) in [5.41, 5.74) is 2.27. The number of aromatic nitrogens is 2. The lowest BCUT2D eigenvalue weighted by molar-refractivity contribution is -0.694. The highest BCUT2D eigenvalue weighted by Gasteiger charge is 2.42. The van der Waals surface area contributed by atoms with Crippen molar-refractivity contribution in [2.45, 2.75) is 39.5 Å². The van der Waals surface area contributed by atoms with Gasteiger partial charge in [0.25, 0.3) is 5.82 Å². The first kappa shape index (κ1) is 26.4. The van der Waals surface area contributed by atoms with Crippen LogP contribution in [-0.4, -0.2) is 22.2 Å². The number of benzene rings is 3. The fourth-order valence-electron chi connectivity index (χ4n) is 4.21. The predicted octanol–water partition coefficient (Wildman–Crippen LogP) is 1.23. The summed E-state index contributed by atoms with van der Waals surface area (Å²) in [4.78, 5) is 13.3. The van der Waals surface area contributed by atoms with Gasteiger partial charge in [-0.1, -0.05) is 90.0 Å². The molecule has 0 saturated heterocycles. The normalized spacial score (nSPS) is 11.1. The molecule has 35 heavy (non-hydrogen) atoms. The lowest BCUT2D eigenvalue weighted by Gasteiger charge is -2.27. The minimum atomic E-state index is -1.88. The number of ether oxygens (including phenoxy) is 1. The van der Waals surface area contributed by atoms with Crippen LogP contribution in [-0.2, 0) is 28.2 Å². The number of rotatable bonds is 8. The number of esters is 1. The number of carbonyl (C=O) groups is 1. The standard InChI is InChI=1S/C29H31N2O3.BrH/c1-22-9-7-13-26(19-22)29(33,27-14-8-10-23(2)20-27)28(32)34-18-17-30-15-16-31(24(30)3)21-25-11-5-4-6-12-25;/h4-16,19-20,33H,17-18,21H2,1-3H3;1H/q+1;/p-1. The SMILES string of the molecule is Cc1cccc(C(O)(C(=O)OCCn2cc[n+](Cc3ccccc3)c2C)c2cccc(C)c2)c1.[Br-]. The zero-order valence-corrected chi connectivity index (χ0v) is 21.9. The number of aliphatic hydroxyl groups is 1. The summed E-state index contributed by atoms with van der Waals surface area (Å²) in [6.45, 7) is 7.34. The molecule has 6 heteroatoms. The Labute approximate surface area is 217 Å². The molecule has 0 aliphatic carbocycles. The van der Waals surface area contributed by atoms with Gasteiger partial charge >= 0.3 is 5.97 Å². The van der Waals surface area contributed by atoms with E-state index >= 15 is 0 Å². The number of hydrogen-bond donors (Lipinski definition) is 1. The van der Waals surface area contributed by atoms with Crippen LogP contribution in [0.3, 0.4) is 0 Å². The van der Waals surface area contributed by atoms with E-state index in [1.54, 1.807) is 12.1 Å². The first-order valence-electron chi connectivity index (χ1n) is 11.5. The molecule has 0 spiro atoms. The Balaban J connectivity index is 0.00000342. The third-order valence-electron chi connectivity index (χ3n) is 6.19. The van der Waals surface area contributed by atoms with Crippen molar-refractivity contribution < 1.29 is 36.2 Å². The van der Waals surface area contributed by atoms with Gasteiger partial charge in [-0.3, -0.25) is 0 Å². The van der Waals surface area contributed by atoms with E-state index in [4.69, 9.17) is 4.74 Å². The van der Waals surface area contributed by atoms with Crippen molar-refractivity contribution in [1.29, 1.82) is 0 Å². The van der Waals surface area contributed by atoms with Gasteiger partial charge in [-0.15, -0.1) is 0 Å². The fourth-order valence-corrected chi connectivity index (χ4v) is 4.21. The molecule has 4 rings (SSSR count). The maximum absolute atomic E-state index is 13.3. The minimum Gasteiger partial charge on any atom is -1.00 e.